The molecule has 1 saturated heterocycles. The van der Waals surface area contributed by atoms with Crippen LogP contribution in [-0.2, 0) is 38.1 Å². The van der Waals surface area contributed by atoms with E-state index in [-0.39, 0.29) is 13.2 Å². The lowest BCUT2D eigenvalue weighted by molar-refractivity contribution is -0.271. The minimum absolute atomic E-state index is 0.0490. The molecule has 0 aliphatic carbocycles. The molecule has 1 rings (SSSR count). The summed E-state index contributed by atoms with van der Waals surface area (Å²) in [5.41, 5.74) is 8.83. The summed E-state index contributed by atoms with van der Waals surface area (Å²) in [6, 6.07) is -1.14. The topological polar surface area (TPSA) is 146 Å². The van der Waals surface area contributed by atoms with Gasteiger partial charge < -0.3 is 23.7 Å². The van der Waals surface area contributed by atoms with Crippen molar-refractivity contribution in [3.63, 3.8) is 0 Å². The number of rotatable bonds is 8. The molecule has 1 aliphatic rings. The maximum absolute atomic E-state index is 11.5. The molecule has 144 valence electrons. The van der Waals surface area contributed by atoms with Gasteiger partial charge in [-0.05, 0) is 5.53 Å². The molecule has 11 heteroatoms. The Morgan fingerprint density at radius 2 is 1.77 bits per heavy atom. The van der Waals surface area contributed by atoms with Gasteiger partial charge in [-0.15, -0.1) is 6.58 Å². The highest BCUT2D eigenvalue weighted by atomic mass is 16.7. The molecule has 3 unspecified atom stereocenters. The Morgan fingerprint density at radius 1 is 1.15 bits per heavy atom. The monoisotopic (exact) mass is 371 g/mol. The second-order valence-corrected chi connectivity index (χ2v) is 5.31. The number of ether oxygens (including phenoxy) is 5. The molecule has 0 aromatic carbocycles. The van der Waals surface area contributed by atoms with Crippen molar-refractivity contribution in [1.82, 2.24) is 0 Å². The molecule has 0 amide bonds. The van der Waals surface area contributed by atoms with Gasteiger partial charge in [0.15, 0.2) is 18.5 Å². The number of nitrogens with zero attached hydrogens (tertiary/aromatic N) is 3. The Morgan fingerprint density at radius 3 is 2.27 bits per heavy atom. The van der Waals surface area contributed by atoms with Crippen molar-refractivity contribution in [2.45, 2.75) is 51.4 Å². The molecule has 1 fully saturated rings. The van der Waals surface area contributed by atoms with E-state index in [1.165, 1.54) is 13.0 Å². The predicted molar refractivity (Wildman–Crippen MR) is 85.5 cm³/mol. The second kappa shape index (κ2) is 10.4. The first-order chi connectivity index (χ1) is 12.3. The lowest BCUT2D eigenvalue weighted by Crippen LogP contribution is -2.61. The normalized spacial score (nSPS) is 27.6. The van der Waals surface area contributed by atoms with Crippen LogP contribution < -0.4 is 0 Å². The molecule has 0 spiro atoms. The first-order valence-corrected chi connectivity index (χ1v) is 7.70. The van der Waals surface area contributed by atoms with Gasteiger partial charge in [0.05, 0.1) is 6.61 Å². The second-order valence-electron chi connectivity index (χ2n) is 5.31. The van der Waals surface area contributed by atoms with Gasteiger partial charge in [-0.25, -0.2) is 0 Å². The van der Waals surface area contributed by atoms with E-state index in [4.69, 9.17) is 29.2 Å². The third kappa shape index (κ3) is 6.36. The molecule has 5 atom stereocenters. The number of azide groups is 1. The summed E-state index contributed by atoms with van der Waals surface area (Å²) >= 11 is 0. The van der Waals surface area contributed by atoms with Crippen LogP contribution in [0.1, 0.15) is 20.8 Å². The molecule has 11 nitrogen and oxygen atoms in total. The highest BCUT2D eigenvalue weighted by Gasteiger charge is 2.50. The van der Waals surface area contributed by atoms with Gasteiger partial charge in [-0.3, -0.25) is 14.4 Å². The number of hydrogen-bond acceptors (Lipinski definition) is 9. The van der Waals surface area contributed by atoms with E-state index in [0.717, 1.165) is 13.8 Å². The first kappa shape index (κ1) is 21.4. The van der Waals surface area contributed by atoms with Crippen molar-refractivity contribution >= 4 is 17.9 Å². The number of hydrogen-bond donors (Lipinski definition) is 0. The maximum Gasteiger partial charge on any atom is 0.303 e. The van der Waals surface area contributed by atoms with Crippen LogP contribution in [0.25, 0.3) is 10.4 Å². The quantitative estimate of drug-likeness (QED) is 0.153. The van der Waals surface area contributed by atoms with Gasteiger partial charge in [-0.2, -0.15) is 0 Å². The van der Waals surface area contributed by atoms with Crippen LogP contribution in [0.5, 0.6) is 0 Å². The Bertz CT molecular complexity index is 589. The van der Waals surface area contributed by atoms with Crippen LogP contribution >= 0.6 is 0 Å². The zero-order valence-corrected chi connectivity index (χ0v) is 14.7. The van der Waals surface area contributed by atoms with Crippen LogP contribution in [0.2, 0.25) is 0 Å². The van der Waals surface area contributed by atoms with Gasteiger partial charge in [0.2, 0.25) is 0 Å². The fourth-order valence-electron chi connectivity index (χ4n) is 2.37. The SMILES string of the molecule is C=CCO[C@H]1OC(COC(C)=O)[C@H](OC(C)=O)C(OC(C)=O)C1N=[N+]=[N-]. The lowest BCUT2D eigenvalue weighted by atomic mass is 9.97. The van der Waals surface area contributed by atoms with Crippen molar-refractivity contribution in [2.75, 3.05) is 13.2 Å². The summed E-state index contributed by atoms with van der Waals surface area (Å²) in [6.07, 6.45) is -3.07. The number of carbonyl (C=O) groups excluding carboxylic acids is 3. The summed E-state index contributed by atoms with van der Waals surface area (Å²) < 4.78 is 26.4. The number of esters is 3. The Hall–Kier alpha value is -2.62. The molecule has 1 heterocycles. The third-order valence-electron chi connectivity index (χ3n) is 3.23. The van der Waals surface area contributed by atoms with Gasteiger partial charge in [0.25, 0.3) is 0 Å². The summed E-state index contributed by atoms with van der Waals surface area (Å²) in [5.74, 6) is -1.96. The van der Waals surface area contributed by atoms with E-state index in [1.807, 2.05) is 0 Å². The number of carbonyl (C=O) groups is 3. The van der Waals surface area contributed by atoms with Gasteiger partial charge in [-0.1, -0.05) is 11.2 Å². The Balaban J connectivity index is 3.23. The Kier molecular flexibility index (Phi) is 8.56. The fourth-order valence-corrected chi connectivity index (χ4v) is 2.37. The van der Waals surface area contributed by atoms with Crippen LogP contribution in [0.4, 0.5) is 0 Å². The van der Waals surface area contributed by atoms with Crippen molar-refractivity contribution in [3.05, 3.63) is 23.1 Å². The minimum atomic E-state index is -1.20. The molecule has 0 radical (unpaired) electrons. The maximum atomic E-state index is 11.5. The van der Waals surface area contributed by atoms with Crippen molar-refractivity contribution in [1.29, 1.82) is 0 Å². The van der Waals surface area contributed by atoms with E-state index >= 15 is 0 Å². The molecule has 0 aromatic heterocycles. The highest BCUT2D eigenvalue weighted by molar-refractivity contribution is 5.68. The predicted octanol–water partition coefficient (Wildman–Crippen LogP) is 1.02. The van der Waals surface area contributed by atoms with Crippen LogP contribution in [0.3, 0.4) is 0 Å². The fraction of sp³-hybridized carbons (Fsp3) is 0.667. The Labute approximate surface area is 149 Å². The lowest BCUT2D eigenvalue weighted by Gasteiger charge is -2.43. The molecular weight excluding hydrogens is 350 g/mol. The molecule has 0 N–H and O–H groups in total. The highest BCUT2D eigenvalue weighted by Crippen LogP contribution is 2.29. The summed E-state index contributed by atoms with van der Waals surface area (Å²) in [7, 11) is 0. The van der Waals surface area contributed by atoms with Gasteiger partial charge >= 0.3 is 17.9 Å². The average molecular weight is 371 g/mol. The molecule has 0 bridgehead atoms. The molecule has 26 heavy (non-hydrogen) atoms. The largest absolute Gasteiger partial charge is 0.463 e. The molecular formula is C15H21N3O8. The zero-order valence-electron chi connectivity index (χ0n) is 14.7. The van der Waals surface area contributed by atoms with Crippen LogP contribution in [-0.4, -0.2) is 61.8 Å². The smallest absolute Gasteiger partial charge is 0.303 e. The van der Waals surface area contributed by atoms with Crippen LogP contribution in [0.15, 0.2) is 17.8 Å². The van der Waals surface area contributed by atoms with E-state index in [9.17, 15) is 14.4 Å². The molecule has 0 aromatic rings. The van der Waals surface area contributed by atoms with Gasteiger partial charge in [0, 0.05) is 25.7 Å². The van der Waals surface area contributed by atoms with E-state index in [1.54, 1.807) is 0 Å². The first-order valence-electron chi connectivity index (χ1n) is 7.70. The summed E-state index contributed by atoms with van der Waals surface area (Å²) in [5, 5.41) is 3.56. The molecule has 1 aliphatic heterocycles. The van der Waals surface area contributed by atoms with E-state index in [2.05, 4.69) is 16.6 Å². The van der Waals surface area contributed by atoms with Crippen LogP contribution in [0, 0.1) is 0 Å². The van der Waals surface area contributed by atoms with E-state index in [0.29, 0.717) is 0 Å². The minimum Gasteiger partial charge on any atom is -0.463 e. The van der Waals surface area contributed by atoms with Crippen molar-refractivity contribution < 1.29 is 38.1 Å². The van der Waals surface area contributed by atoms with Crippen molar-refractivity contribution in [3.8, 4) is 0 Å². The zero-order chi connectivity index (χ0) is 19.7. The van der Waals surface area contributed by atoms with Gasteiger partial charge in [0.1, 0.15) is 18.8 Å². The molecule has 0 saturated carbocycles. The van der Waals surface area contributed by atoms with E-state index < -0.39 is 48.6 Å². The summed E-state index contributed by atoms with van der Waals surface area (Å²) in [6.45, 7) is 6.76. The average Bonchev–Trinajstić information content (AvgIpc) is 2.54. The third-order valence-corrected chi connectivity index (χ3v) is 3.23. The van der Waals surface area contributed by atoms with Crippen molar-refractivity contribution in [2.24, 2.45) is 5.11 Å². The summed E-state index contributed by atoms with van der Waals surface area (Å²) in [4.78, 5) is 36.8. The standard InChI is InChI=1S/C15H21N3O8/c1-5-6-22-15-12(17-18-16)14(25-10(4)21)13(24-9(3)20)11(26-15)7-23-8(2)19/h5,11-15H,1,6-7H2,2-4H3/t11?,12?,13-,14?,15-/m0/s1.